The first-order chi connectivity index (χ1) is 11.0. The Kier molecular flexibility index (Phi) is 5.26. The second-order valence-corrected chi connectivity index (χ2v) is 7.58. The van der Waals surface area contributed by atoms with Crippen LogP contribution in [0, 0.1) is 13.8 Å². The van der Waals surface area contributed by atoms with Gasteiger partial charge in [0, 0.05) is 13.5 Å². The van der Waals surface area contributed by atoms with Gasteiger partial charge in [-0.3, -0.25) is 4.79 Å². The number of hydrogen-bond acceptors (Lipinski definition) is 3. The van der Waals surface area contributed by atoms with E-state index in [9.17, 15) is 4.79 Å². The largest absolute Gasteiger partial charge is 0.492 e. The molecule has 0 aromatic heterocycles. The Labute approximate surface area is 145 Å². The van der Waals surface area contributed by atoms with E-state index in [0.29, 0.717) is 6.54 Å². The van der Waals surface area contributed by atoms with Crippen molar-refractivity contribution in [3.8, 4) is 0 Å². The van der Waals surface area contributed by atoms with Crippen LogP contribution in [0.25, 0.3) is 6.08 Å². The second kappa shape index (κ2) is 6.73. The van der Waals surface area contributed by atoms with Gasteiger partial charge in [-0.25, -0.2) is 0 Å². The third-order valence-corrected chi connectivity index (χ3v) is 4.86. The summed E-state index contributed by atoms with van der Waals surface area (Å²) in [4.78, 5) is 11.4. The summed E-state index contributed by atoms with van der Waals surface area (Å²) >= 11 is 0. The molecule has 0 atom stereocenters. The Bertz CT molecular complexity index is 649. The van der Waals surface area contributed by atoms with E-state index in [0.717, 1.165) is 11.0 Å². The van der Waals surface area contributed by atoms with Crippen LogP contribution in [0.15, 0.2) is 23.7 Å². The molecule has 4 nitrogen and oxygen atoms in total. The van der Waals surface area contributed by atoms with Gasteiger partial charge >= 0.3 is 7.12 Å². The van der Waals surface area contributed by atoms with E-state index in [1.54, 1.807) is 0 Å². The smallest absolute Gasteiger partial charge is 0.400 e. The van der Waals surface area contributed by atoms with Crippen LogP contribution in [0.2, 0.25) is 0 Å². The van der Waals surface area contributed by atoms with Gasteiger partial charge in [0.1, 0.15) is 0 Å². The first-order valence-corrected chi connectivity index (χ1v) is 8.39. The number of rotatable bonds is 4. The van der Waals surface area contributed by atoms with Gasteiger partial charge in [0.05, 0.1) is 11.2 Å². The van der Waals surface area contributed by atoms with E-state index < -0.39 is 18.3 Å². The van der Waals surface area contributed by atoms with Crippen LogP contribution in [-0.2, 0) is 14.1 Å². The molecule has 1 aliphatic heterocycles. The topological polar surface area (TPSA) is 47.6 Å². The summed E-state index contributed by atoms with van der Waals surface area (Å²) in [6.07, 6.45) is 2.06. The summed E-state index contributed by atoms with van der Waals surface area (Å²) in [5.74, 6) is -0.0713. The third kappa shape index (κ3) is 4.08. The summed E-state index contributed by atoms with van der Waals surface area (Å²) < 4.78 is 12.3. The standard InChI is InChI=1S/C19H28BNO3/c1-13-8-9-16(14(2)10-13)11-17(12-21-15(3)22)20-23-18(4,5)19(6,7)24-20/h8-11H,12H2,1-7H3,(H,21,22). The van der Waals surface area contributed by atoms with E-state index in [1.165, 1.54) is 18.1 Å². The van der Waals surface area contributed by atoms with Crippen molar-refractivity contribution in [3.05, 3.63) is 40.4 Å². The van der Waals surface area contributed by atoms with Crippen LogP contribution >= 0.6 is 0 Å². The Balaban J connectivity index is 2.35. The number of nitrogens with one attached hydrogen (secondary N) is 1. The van der Waals surface area contributed by atoms with Crippen LogP contribution in [-0.4, -0.2) is 30.8 Å². The molecule has 1 aliphatic rings. The van der Waals surface area contributed by atoms with Crippen molar-refractivity contribution in [2.75, 3.05) is 6.54 Å². The Morgan fingerprint density at radius 2 is 1.75 bits per heavy atom. The van der Waals surface area contributed by atoms with Gasteiger partial charge in [-0.15, -0.1) is 0 Å². The molecule has 0 radical (unpaired) electrons. The van der Waals surface area contributed by atoms with Crippen LogP contribution < -0.4 is 5.32 Å². The lowest BCUT2D eigenvalue weighted by Crippen LogP contribution is -2.41. The molecule has 0 bridgehead atoms. The summed E-state index contributed by atoms with van der Waals surface area (Å²) in [6, 6.07) is 6.31. The lowest BCUT2D eigenvalue weighted by atomic mass is 9.76. The van der Waals surface area contributed by atoms with Crippen LogP contribution in [0.5, 0.6) is 0 Å². The molecule has 130 valence electrons. The molecular weight excluding hydrogens is 301 g/mol. The molecule has 1 fully saturated rings. The molecular formula is C19H28BNO3. The van der Waals surface area contributed by atoms with Crippen LogP contribution in [0.3, 0.4) is 0 Å². The van der Waals surface area contributed by atoms with Gasteiger partial charge in [0.25, 0.3) is 0 Å². The lowest BCUT2D eigenvalue weighted by Gasteiger charge is -2.32. The highest BCUT2D eigenvalue weighted by Crippen LogP contribution is 2.38. The van der Waals surface area contributed by atoms with Gasteiger partial charge in [-0.2, -0.15) is 0 Å². The van der Waals surface area contributed by atoms with Crippen molar-refractivity contribution in [1.29, 1.82) is 0 Å². The van der Waals surface area contributed by atoms with E-state index in [4.69, 9.17) is 9.31 Å². The highest BCUT2D eigenvalue weighted by Gasteiger charge is 2.52. The number of benzene rings is 1. The fraction of sp³-hybridized carbons (Fsp3) is 0.526. The maximum atomic E-state index is 11.4. The second-order valence-electron chi connectivity index (χ2n) is 7.58. The van der Waals surface area contributed by atoms with Gasteiger partial charge in [-0.05, 0) is 58.1 Å². The van der Waals surface area contributed by atoms with Crippen LogP contribution in [0.4, 0.5) is 0 Å². The minimum absolute atomic E-state index is 0.0713. The van der Waals surface area contributed by atoms with E-state index in [2.05, 4.69) is 43.4 Å². The number of aryl methyl sites for hydroxylation is 2. The highest BCUT2D eigenvalue weighted by molar-refractivity contribution is 6.56. The number of carbonyl (C=O) groups excluding carboxylic acids is 1. The average Bonchev–Trinajstić information content (AvgIpc) is 2.65. The van der Waals surface area contributed by atoms with Crippen molar-refractivity contribution in [1.82, 2.24) is 5.32 Å². The van der Waals surface area contributed by atoms with Gasteiger partial charge in [-0.1, -0.05) is 29.8 Å². The zero-order chi connectivity index (χ0) is 18.1. The average molecular weight is 329 g/mol. The molecule has 1 saturated heterocycles. The van der Waals surface area contributed by atoms with E-state index in [-0.39, 0.29) is 5.91 Å². The molecule has 1 aromatic rings. The Morgan fingerprint density at radius 1 is 1.17 bits per heavy atom. The predicted molar refractivity (Wildman–Crippen MR) is 98.7 cm³/mol. The quantitative estimate of drug-likeness (QED) is 0.861. The molecule has 1 N–H and O–H groups in total. The molecule has 1 amide bonds. The summed E-state index contributed by atoms with van der Waals surface area (Å²) in [5.41, 5.74) is 3.62. The van der Waals surface area contributed by atoms with E-state index >= 15 is 0 Å². The molecule has 5 heteroatoms. The number of amides is 1. The molecule has 0 saturated carbocycles. The van der Waals surface area contributed by atoms with Crippen molar-refractivity contribution in [3.63, 3.8) is 0 Å². The molecule has 0 unspecified atom stereocenters. The fourth-order valence-corrected chi connectivity index (χ4v) is 2.61. The van der Waals surface area contributed by atoms with Gasteiger partial charge < -0.3 is 14.6 Å². The normalized spacial score (nSPS) is 19.5. The molecule has 0 aliphatic carbocycles. The summed E-state index contributed by atoms with van der Waals surface area (Å²) in [7, 11) is -0.470. The zero-order valence-electron chi connectivity index (χ0n) is 15.8. The molecule has 24 heavy (non-hydrogen) atoms. The summed E-state index contributed by atoms with van der Waals surface area (Å²) in [5, 5.41) is 2.86. The maximum Gasteiger partial charge on any atom is 0.492 e. The van der Waals surface area contributed by atoms with E-state index in [1.807, 2.05) is 27.7 Å². The SMILES string of the molecule is CC(=O)NCC(=Cc1ccc(C)cc1C)B1OC(C)(C)C(C)(C)O1. The minimum Gasteiger partial charge on any atom is -0.400 e. The lowest BCUT2D eigenvalue weighted by molar-refractivity contribution is -0.118. The first kappa shape index (κ1) is 18.7. The minimum atomic E-state index is -0.470. The van der Waals surface area contributed by atoms with Crippen LogP contribution in [0.1, 0.15) is 51.3 Å². The molecule has 1 heterocycles. The van der Waals surface area contributed by atoms with Gasteiger partial charge in [0.2, 0.25) is 5.91 Å². The van der Waals surface area contributed by atoms with Gasteiger partial charge in [0.15, 0.2) is 0 Å². The Hall–Kier alpha value is -1.59. The molecule has 1 aromatic carbocycles. The molecule has 2 rings (SSSR count). The predicted octanol–water partition coefficient (Wildman–Crippen LogP) is 3.45. The fourth-order valence-electron chi connectivity index (χ4n) is 2.61. The summed E-state index contributed by atoms with van der Waals surface area (Å²) in [6.45, 7) is 14.2. The Morgan fingerprint density at radius 3 is 2.25 bits per heavy atom. The van der Waals surface area contributed by atoms with Crippen molar-refractivity contribution in [2.45, 2.75) is 59.7 Å². The first-order valence-electron chi connectivity index (χ1n) is 8.39. The number of carbonyl (C=O) groups is 1. The monoisotopic (exact) mass is 329 g/mol. The number of hydrogen-bond donors (Lipinski definition) is 1. The zero-order valence-corrected chi connectivity index (χ0v) is 15.8. The van der Waals surface area contributed by atoms with Crippen molar-refractivity contribution in [2.24, 2.45) is 0 Å². The van der Waals surface area contributed by atoms with Crippen molar-refractivity contribution < 1.29 is 14.1 Å². The third-order valence-electron chi connectivity index (χ3n) is 4.86. The maximum absolute atomic E-state index is 11.4. The van der Waals surface area contributed by atoms with Crippen molar-refractivity contribution >= 4 is 19.1 Å². The molecule has 0 spiro atoms. The highest BCUT2D eigenvalue weighted by atomic mass is 16.7.